The fourth-order valence-corrected chi connectivity index (χ4v) is 2.61. The first-order valence-electron chi connectivity index (χ1n) is 6.34. The second-order valence-electron chi connectivity index (χ2n) is 5.66. The van der Waals surface area contributed by atoms with E-state index in [2.05, 4.69) is 5.32 Å². The molecule has 0 saturated carbocycles. The first-order chi connectivity index (χ1) is 8.63. The topological polar surface area (TPSA) is 46.2 Å². The molecular formula is C14H22FNO2S. The smallest absolute Gasteiger partial charge is 0.156 e. The van der Waals surface area contributed by atoms with Crippen molar-refractivity contribution in [3.05, 3.63) is 35.6 Å². The van der Waals surface area contributed by atoms with E-state index in [4.69, 9.17) is 0 Å². The van der Waals surface area contributed by atoms with Crippen molar-refractivity contribution in [2.24, 2.45) is 0 Å². The maximum Gasteiger partial charge on any atom is 0.156 e. The Kier molecular flexibility index (Phi) is 5.10. The monoisotopic (exact) mass is 287 g/mol. The highest BCUT2D eigenvalue weighted by Gasteiger charge is 2.28. The molecule has 0 spiro atoms. The minimum atomic E-state index is -3.12. The van der Waals surface area contributed by atoms with E-state index < -0.39 is 14.6 Å². The molecule has 0 fully saturated rings. The molecule has 1 aromatic rings. The van der Waals surface area contributed by atoms with Crippen LogP contribution < -0.4 is 5.32 Å². The Labute approximate surface area is 115 Å². The Morgan fingerprint density at radius 2 is 1.95 bits per heavy atom. The molecule has 108 valence electrons. The Hall–Kier alpha value is -0.940. The lowest BCUT2D eigenvalue weighted by Gasteiger charge is -2.20. The van der Waals surface area contributed by atoms with Gasteiger partial charge in [0, 0.05) is 12.6 Å². The SMILES string of the molecule is C[C@@H](NCCS(=O)(=O)C(C)(C)C)c1cccc(F)c1. The second kappa shape index (κ2) is 6.01. The number of hydrogen-bond acceptors (Lipinski definition) is 3. The van der Waals surface area contributed by atoms with Gasteiger partial charge in [0.15, 0.2) is 9.84 Å². The van der Waals surface area contributed by atoms with Gasteiger partial charge in [-0.1, -0.05) is 12.1 Å². The molecule has 19 heavy (non-hydrogen) atoms. The van der Waals surface area contributed by atoms with Gasteiger partial charge < -0.3 is 5.32 Å². The lowest BCUT2D eigenvalue weighted by atomic mass is 10.1. The van der Waals surface area contributed by atoms with Gasteiger partial charge in [-0.3, -0.25) is 0 Å². The third kappa shape index (κ3) is 4.58. The zero-order chi connectivity index (χ0) is 14.7. The number of sulfone groups is 1. The average Bonchev–Trinajstić information content (AvgIpc) is 2.27. The number of benzene rings is 1. The molecule has 0 amide bonds. The lowest BCUT2D eigenvalue weighted by molar-refractivity contribution is 0.545. The maximum absolute atomic E-state index is 13.1. The third-order valence-corrected chi connectivity index (χ3v) is 5.71. The molecule has 1 N–H and O–H groups in total. The van der Waals surface area contributed by atoms with Gasteiger partial charge in [0.2, 0.25) is 0 Å². The summed E-state index contributed by atoms with van der Waals surface area (Å²) in [6.45, 7) is 7.32. The zero-order valence-corrected chi connectivity index (χ0v) is 12.7. The van der Waals surface area contributed by atoms with Crippen molar-refractivity contribution in [3.8, 4) is 0 Å². The summed E-state index contributed by atoms with van der Waals surface area (Å²) in [5, 5.41) is 3.11. The molecule has 0 bridgehead atoms. The Bertz CT molecular complexity index is 520. The van der Waals surface area contributed by atoms with Crippen LogP contribution in [0.2, 0.25) is 0 Å². The Balaban J connectivity index is 2.55. The summed E-state index contributed by atoms with van der Waals surface area (Å²) >= 11 is 0. The van der Waals surface area contributed by atoms with E-state index >= 15 is 0 Å². The highest BCUT2D eigenvalue weighted by atomic mass is 32.2. The number of hydrogen-bond donors (Lipinski definition) is 1. The molecule has 1 rings (SSSR count). The van der Waals surface area contributed by atoms with E-state index in [0.717, 1.165) is 5.56 Å². The molecule has 0 aliphatic heterocycles. The molecule has 0 radical (unpaired) electrons. The Morgan fingerprint density at radius 1 is 1.32 bits per heavy atom. The van der Waals surface area contributed by atoms with Crippen LogP contribution in [0.3, 0.4) is 0 Å². The standard InChI is InChI=1S/C14H22FNO2S/c1-11(12-6-5-7-13(15)10-12)16-8-9-19(17,18)14(2,3)4/h5-7,10-11,16H,8-9H2,1-4H3/t11-/m1/s1. The fourth-order valence-electron chi connectivity index (χ4n) is 1.61. The van der Waals surface area contributed by atoms with Crippen molar-refractivity contribution in [1.82, 2.24) is 5.32 Å². The maximum atomic E-state index is 13.1. The molecule has 0 aliphatic rings. The van der Waals surface area contributed by atoms with Crippen LogP contribution in [0.1, 0.15) is 39.3 Å². The minimum Gasteiger partial charge on any atom is -0.309 e. The lowest BCUT2D eigenvalue weighted by Crippen LogP contribution is -2.35. The van der Waals surface area contributed by atoms with E-state index in [9.17, 15) is 12.8 Å². The van der Waals surface area contributed by atoms with Crippen LogP contribution in [0.5, 0.6) is 0 Å². The predicted octanol–water partition coefficient (Wildman–Crippen LogP) is 2.69. The van der Waals surface area contributed by atoms with Crippen LogP contribution in [0.25, 0.3) is 0 Å². The summed E-state index contributed by atoms with van der Waals surface area (Å²) in [4.78, 5) is 0. The first-order valence-corrected chi connectivity index (χ1v) is 8.00. The van der Waals surface area contributed by atoms with Crippen molar-refractivity contribution >= 4 is 9.84 Å². The van der Waals surface area contributed by atoms with Crippen molar-refractivity contribution in [2.45, 2.75) is 38.5 Å². The summed E-state index contributed by atoms with van der Waals surface area (Å²) in [6.07, 6.45) is 0. The van der Waals surface area contributed by atoms with Gasteiger partial charge in [0.1, 0.15) is 5.82 Å². The van der Waals surface area contributed by atoms with Gasteiger partial charge in [-0.15, -0.1) is 0 Å². The molecule has 0 heterocycles. The van der Waals surface area contributed by atoms with Gasteiger partial charge in [-0.05, 0) is 45.4 Å². The van der Waals surface area contributed by atoms with Gasteiger partial charge in [-0.25, -0.2) is 12.8 Å². The van der Waals surface area contributed by atoms with Gasteiger partial charge >= 0.3 is 0 Å². The molecular weight excluding hydrogens is 265 g/mol. The van der Waals surface area contributed by atoms with Gasteiger partial charge in [-0.2, -0.15) is 0 Å². The molecule has 5 heteroatoms. The number of rotatable bonds is 5. The number of halogens is 1. The largest absolute Gasteiger partial charge is 0.309 e. The quantitative estimate of drug-likeness (QED) is 0.905. The van der Waals surface area contributed by atoms with E-state index in [1.54, 1.807) is 26.8 Å². The summed E-state index contributed by atoms with van der Waals surface area (Å²) < 4.78 is 36.2. The highest BCUT2D eigenvalue weighted by Crippen LogP contribution is 2.16. The van der Waals surface area contributed by atoms with Crippen LogP contribution in [0.4, 0.5) is 4.39 Å². The van der Waals surface area contributed by atoms with Crippen LogP contribution in [0.15, 0.2) is 24.3 Å². The molecule has 0 aliphatic carbocycles. The normalized spacial score (nSPS) is 14.4. The average molecular weight is 287 g/mol. The first kappa shape index (κ1) is 16.1. The predicted molar refractivity (Wildman–Crippen MR) is 76.4 cm³/mol. The highest BCUT2D eigenvalue weighted by molar-refractivity contribution is 7.92. The summed E-state index contributed by atoms with van der Waals surface area (Å²) in [7, 11) is -3.12. The minimum absolute atomic E-state index is 0.0779. The zero-order valence-electron chi connectivity index (χ0n) is 11.9. The fraction of sp³-hybridized carbons (Fsp3) is 0.571. The number of nitrogens with one attached hydrogen (secondary N) is 1. The summed E-state index contributed by atoms with van der Waals surface area (Å²) in [5.74, 6) is -0.204. The van der Waals surface area contributed by atoms with Crippen molar-refractivity contribution in [1.29, 1.82) is 0 Å². The van der Waals surface area contributed by atoms with Crippen molar-refractivity contribution in [3.63, 3.8) is 0 Å². The van der Waals surface area contributed by atoms with Crippen molar-refractivity contribution < 1.29 is 12.8 Å². The summed E-state index contributed by atoms with van der Waals surface area (Å²) in [5.41, 5.74) is 0.813. The second-order valence-corrected chi connectivity index (χ2v) is 8.52. The van der Waals surface area contributed by atoms with Gasteiger partial charge in [0.05, 0.1) is 10.5 Å². The third-order valence-electron chi connectivity index (χ3n) is 3.10. The molecule has 0 aromatic heterocycles. The van der Waals surface area contributed by atoms with Crippen LogP contribution in [0, 0.1) is 5.82 Å². The van der Waals surface area contributed by atoms with Crippen molar-refractivity contribution in [2.75, 3.05) is 12.3 Å². The van der Waals surface area contributed by atoms with E-state index in [0.29, 0.717) is 6.54 Å². The van der Waals surface area contributed by atoms with E-state index in [-0.39, 0.29) is 17.6 Å². The molecule has 0 unspecified atom stereocenters. The molecule has 3 nitrogen and oxygen atoms in total. The molecule has 1 atom stereocenters. The molecule has 0 saturated heterocycles. The van der Waals surface area contributed by atoms with Crippen LogP contribution >= 0.6 is 0 Å². The Morgan fingerprint density at radius 3 is 2.47 bits per heavy atom. The van der Waals surface area contributed by atoms with E-state index in [1.807, 2.05) is 13.0 Å². The summed E-state index contributed by atoms with van der Waals surface area (Å²) in [6, 6.07) is 6.23. The van der Waals surface area contributed by atoms with Crippen LogP contribution in [-0.2, 0) is 9.84 Å². The van der Waals surface area contributed by atoms with Crippen LogP contribution in [-0.4, -0.2) is 25.5 Å². The molecule has 1 aromatic carbocycles. The van der Waals surface area contributed by atoms with E-state index in [1.165, 1.54) is 12.1 Å². The van der Waals surface area contributed by atoms with Gasteiger partial charge in [0.25, 0.3) is 0 Å².